The SMILES string of the molecule is CC(C)C1N(C)C(=O)CC12CCCO2. The molecule has 0 aromatic heterocycles. The van der Waals surface area contributed by atoms with Gasteiger partial charge in [-0.05, 0) is 18.8 Å². The molecule has 0 N–H and O–H groups in total. The number of amides is 1. The van der Waals surface area contributed by atoms with Gasteiger partial charge in [0.2, 0.25) is 5.91 Å². The molecule has 0 aliphatic carbocycles. The molecule has 2 rings (SSSR count). The molecule has 0 saturated carbocycles. The summed E-state index contributed by atoms with van der Waals surface area (Å²) in [6, 6.07) is 0.275. The smallest absolute Gasteiger partial charge is 0.225 e. The van der Waals surface area contributed by atoms with Gasteiger partial charge in [0, 0.05) is 13.7 Å². The van der Waals surface area contributed by atoms with E-state index >= 15 is 0 Å². The summed E-state index contributed by atoms with van der Waals surface area (Å²) >= 11 is 0. The average molecular weight is 197 g/mol. The van der Waals surface area contributed by atoms with Crippen LogP contribution in [0.5, 0.6) is 0 Å². The number of likely N-dealkylation sites (tertiary alicyclic amines) is 1. The summed E-state index contributed by atoms with van der Waals surface area (Å²) < 4.78 is 5.85. The summed E-state index contributed by atoms with van der Waals surface area (Å²) in [4.78, 5) is 13.6. The summed E-state index contributed by atoms with van der Waals surface area (Å²) in [7, 11) is 1.91. The first kappa shape index (κ1) is 9.97. The van der Waals surface area contributed by atoms with E-state index in [0.717, 1.165) is 19.4 Å². The Labute approximate surface area is 85.4 Å². The quantitative estimate of drug-likeness (QED) is 0.636. The minimum absolute atomic E-state index is 0.153. The second-order valence-electron chi connectivity index (χ2n) is 4.89. The van der Waals surface area contributed by atoms with Crippen molar-refractivity contribution in [3.63, 3.8) is 0 Å². The molecule has 2 saturated heterocycles. The van der Waals surface area contributed by atoms with Gasteiger partial charge in [-0.15, -0.1) is 0 Å². The highest BCUT2D eigenvalue weighted by atomic mass is 16.5. The molecule has 14 heavy (non-hydrogen) atoms. The molecule has 2 unspecified atom stereocenters. The van der Waals surface area contributed by atoms with Gasteiger partial charge in [0.15, 0.2) is 0 Å². The van der Waals surface area contributed by atoms with Gasteiger partial charge in [-0.1, -0.05) is 13.8 Å². The Bertz CT molecular complexity index is 244. The van der Waals surface area contributed by atoms with Crippen molar-refractivity contribution < 1.29 is 9.53 Å². The first-order valence-electron chi connectivity index (χ1n) is 5.46. The maximum Gasteiger partial charge on any atom is 0.225 e. The van der Waals surface area contributed by atoms with Crippen LogP contribution in [-0.2, 0) is 9.53 Å². The van der Waals surface area contributed by atoms with Crippen LogP contribution in [0.3, 0.4) is 0 Å². The standard InChI is InChI=1S/C11H19NO2/c1-8(2)10-11(5-4-6-14-11)7-9(13)12(10)3/h8,10H,4-7H2,1-3H3. The minimum Gasteiger partial charge on any atom is -0.372 e. The Kier molecular flexibility index (Phi) is 2.30. The van der Waals surface area contributed by atoms with Crippen LogP contribution in [0, 0.1) is 5.92 Å². The van der Waals surface area contributed by atoms with Crippen molar-refractivity contribution in [3.8, 4) is 0 Å². The number of nitrogens with zero attached hydrogens (tertiary/aromatic N) is 1. The second kappa shape index (κ2) is 3.23. The lowest BCUT2D eigenvalue weighted by molar-refractivity contribution is -0.128. The van der Waals surface area contributed by atoms with Gasteiger partial charge in [-0.2, -0.15) is 0 Å². The van der Waals surface area contributed by atoms with E-state index in [-0.39, 0.29) is 17.6 Å². The third kappa shape index (κ3) is 1.26. The van der Waals surface area contributed by atoms with Crippen molar-refractivity contribution >= 4 is 5.91 Å². The van der Waals surface area contributed by atoms with Crippen LogP contribution in [0.2, 0.25) is 0 Å². The molecule has 2 atom stereocenters. The van der Waals surface area contributed by atoms with Gasteiger partial charge >= 0.3 is 0 Å². The lowest BCUT2D eigenvalue weighted by Gasteiger charge is -2.35. The molecule has 0 aromatic carbocycles. The van der Waals surface area contributed by atoms with Crippen molar-refractivity contribution in [2.45, 2.75) is 44.8 Å². The maximum absolute atomic E-state index is 11.7. The minimum atomic E-state index is -0.153. The number of ether oxygens (including phenoxy) is 1. The number of hydrogen-bond donors (Lipinski definition) is 0. The van der Waals surface area contributed by atoms with Crippen molar-refractivity contribution in [2.75, 3.05) is 13.7 Å². The summed E-state index contributed by atoms with van der Waals surface area (Å²) in [5, 5.41) is 0. The van der Waals surface area contributed by atoms with E-state index in [9.17, 15) is 4.79 Å². The fourth-order valence-electron chi connectivity index (χ4n) is 3.14. The molecule has 1 amide bonds. The van der Waals surface area contributed by atoms with Gasteiger partial charge < -0.3 is 9.64 Å². The van der Waals surface area contributed by atoms with Crippen molar-refractivity contribution in [1.29, 1.82) is 0 Å². The Morgan fingerprint density at radius 1 is 1.57 bits per heavy atom. The maximum atomic E-state index is 11.7. The molecule has 3 nitrogen and oxygen atoms in total. The van der Waals surface area contributed by atoms with E-state index in [2.05, 4.69) is 13.8 Å². The number of likely N-dealkylation sites (N-methyl/N-ethyl adjacent to an activating group) is 1. The molecule has 0 radical (unpaired) electrons. The predicted octanol–water partition coefficient (Wildman–Crippen LogP) is 1.42. The van der Waals surface area contributed by atoms with Crippen molar-refractivity contribution in [1.82, 2.24) is 4.90 Å². The largest absolute Gasteiger partial charge is 0.372 e. The third-order valence-corrected chi connectivity index (χ3v) is 3.57. The number of carbonyl (C=O) groups excluding carboxylic acids is 1. The van der Waals surface area contributed by atoms with E-state index in [1.54, 1.807) is 0 Å². The van der Waals surface area contributed by atoms with E-state index < -0.39 is 0 Å². The van der Waals surface area contributed by atoms with Gasteiger partial charge in [0.05, 0.1) is 18.1 Å². The van der Waals surface area contributed by atoms with Crippen LogP contribution in [0.15, 0.2) is 0 Å². The fraction of sp³-hybridized carbons (Fsp3) is 0.909. The van der Waals surface area contributed by atoms with Crippen molar-refractivity contribution in [3.05, 3.63) is 0 Å². The van der Waals surface area contributed by atoms with Crippen molar-refractivity contribution in [2.24, 2.45) is 5.92 Å². The molecule has 3 heteroatoms. The van der Waals surface area contributed by atoms with Gasteiger partial charge in [-0.25, -0.2) is 0 Å². The summed E-state index contributed by atoms with van der Waals surface area (Å²) in [5.41, 5.74) is -0.153. The van der Waals surface area contributed by atoms with Crippen LogP contribution in [0.1, 0.15) is 33.1 Å². The highest BCUT2D eigenvalue weighted by Crippen LogP contribution is 2.42. The molecule has 0 aromatic rings. The average Bonchev–Trinajstić information content (AvgIpc) is 2.61. The first-order valence-corrected chi connectivity index (χ1v) is 5.46. The predicted molar refractivity (Wildman–Crippen MR) is 53.9 cm³/mol. The first-order chi connectivity index (χ1) is 6.57. The highest BCUT2D eigenvalue weighted by Gasteiger charge is 2.53. The molecular formula is C11H19NO2. The zero-order chi connectivity index (χ0) is 10.3. The number of carbonyl (C=O) groups is 1. The summed E-state index contributed by atoms with van der Waals surface area (Å²) in [6.07, 6.45) is 2.74. The van der Waals surface area contributed by atoms with Crippen LogP contribution in [0.4, 0.5) is 0 Å². The Hall–Kier alpha value is -0.570. The Morgan fingerprint density at radius 2 is 2.29 bits per heavy atom. The number of rotatable bonds is 1. The normalized spacial score (nSPS) is 37.9. The van der Waals surface area contributed by atoms with Crippen LogP contribution in [-0.4, -0.2) is 36.1 Å². The zero-order valence-electron chi connectivity index (χ0n) is 9.25. The summed E-state index contributed by atoms with van der Waals surface area (Å²) in [6.45, 7) is 5.16. The Balaban J connectivity index is 2.28. The molecule has 2 aliphatic rings. The highest BCUT2D eigenvalue weighted by molar-refractivity contribution is 5.80. The van der Waals surface area contributed by atoms with Crippen LogP contribution in [0.25, 0.3) is 0 Å². The Morgan fingerprint density at radius 3 is 2.79 bits per heavy atom. The number of hydrogen-bond acceptors (Lipinski definition) is 2. The van der Waals surface area contributed by atoms with Crippen LogP contribution >= 0.6 is 0 Å². The van der Waals surface area contributed by atoms with E-state index in [4.69, 9.17) is 4.74 Å². The lowest BCUT2D eigenvalue weighted by atomic mass is 9.84. The third-order valence-electron chi connectivity index (χ3n) is 3.57. The molecule has 2 fully saturated rings. The zero-order valence-corrected chi connectivity index (χ0v) is 9.25. The topological polar surface area (TPSA) is 29.5 Å². The summed E-state index contributed by atoms with van der Waals surface area (Å²) in [5.74, 6) is 0.718. The van der Waals surface area contributed by atoms with Crippen LogP contribution < -0.4 is 0 Å². The molecule has 2 aliphatic heterocycles. The molecule has 0 bridgehead atoms. The lowest BCUT2D eigenvalue weighted by Crippen LogP contribution is -2.46. The van der Waals surface area contributed by atoms with E-state index in [1.165, 1.54) is 0 Å². The fourth-order valence-corrected chi connectivity index (χ4v) is 3.14. The second-order valence-corrected chi connectivity index (χ2v) is 4.89. The molecule has 80 valence electrons. The van der Waals surface area contributed by atoms with E-state index in [1.807, 2.05) is 11.9 Å². The monoisotopic (exact) mass is 197 g/mol. The molecular weight excluding hydrogens is 178 g/mol. The van der Waals surface area contributed by atoms with Gasteiger partial charge in [0.25, 0.3) is 0 Å². The van der Waals surface area contributed by atoms with Gasteiger partial charge in [-0.3, -0.25) is 4.79 Å². The van der Waals surface area contributed by atoms with E-state index in [0.29, 0.717) is 12.3 Å². The molecule has 2 heterocycles. The molecule has 1 spiro atoms. The van der Waals surface area contributed by atoms with Gasteiger partial charge in [0.1, 0.15) is 0 Å².